The van der Waals surface area contributed by atoms with E-state index in [4.69, 9.17) is 0 Å². The Balaban J connectivity index is 1.53. The average molecular weight is 345 g/mol. The number of hydrogen-bond acceptors (Lipinski definition) is 4. The summed E-state index contributed by atoms with van der Waals surface area (Å²) in [6.07, 6.45) is 7.24. The van der Waals surface area contributed by atoms with Crippen molar-refractivity contribution >= 4 is 11.8 Å². The van der Waals surface area contributed by atoms with Crippen LogP contribution in [0.4, 0.5) is 0 Å². The summed E-state index contributed by atoms with van der Waals surface area (Å²) in [5.41, 5.74) is 1.78. The van der Waals surface area contributed by atoms with Crippen molar-refractivity contribution < 1.29 is 9.59 Å². The van der Waals surface area contributed by atoms with Crippen LogP contribution in [0.15, 0.2) is 6.33 Å². The second-order valence-electron chi connectivity index (χ2n) is 7.90. The Kier molecular flexibility index (Phi) is 4.06. The molecule has 7 heteroatoms. The van der Waals surface area contributed by atoms with Gasteiger partial charge in [0.05, 0.1) is 23.6 Å². The lowest BCUT2D eigenvalue weighted by Crippen LogP contribution is -2.62. The van der Waals surface area contributed by atoms with Crippen LogP contribution >= 0.6 is 0 Å². The van der Waals surface area contributed by atoms with Crippen molar-refractivity contribution in [1.29, 1.82) is 0 Å². The average Bonchev–Trinajstić information content (AvgIpc) is 3.02. The van der Waals surface area contributed by atoms with Crippen LogP contribution in [0.1, 0.15) is 43.5 Å². The van der Waals surface area contributed by atoms with E-state index < -0.39 is 0 Å². The third-order valence-corrected chi connectivity index (χ3v) is 6.15. The summed E-state index contributed by atoms with van der Waals surface area (Å²) >= 11 is 0. The molecule has 2 N–H and O–H groups in total. The molecule has 1 aromatic heterocycles. The Morgan fingerprint density at radius 1 is 1.28 bits per heavy atom. The number of rotatable bonds is 2. The van der Waals surface area contributed by atoms with Crippen molar-refractivity contribution in [2.24, 2.45) is 5.92 Å². The Morgan fingerprint density at radius 2 is 2.00 bits per heavy atom. The molecule has 1 saturated heterocycles. The van der Waals surface area contributed by atoms with Crippen molar-refractivity contribution in [3.8, 4) is 0 Å². The molecule has 0 aromatic carbocycles. The summed E-state index contributed by atoms with van der Waals surface area (Å²) in [7, 11) is 3.58. The van der Waals surface area contributed by atoms with Gasteiger partial charge in [-0.3, -0.25) is 14.9 Å². The van der Waals surface area contributed by atoms with Crippen molar-refractivity contribution in [3.63, 3.8) is 0 Å². The first-order valence-corrected chi connectivity index (χ1v) is 9.30. The number of hydrogen-bond donors (Lipinski definition) is 2. The fourth-order valence-electron chi connectivity index (χ4n) is 4.41. The fourth-order valence-corrected chi connectivity index (χ4v) is 4.41. The van der Waals surface area contributed by atoms with E-state index in [1.54, 1.807) is 25.3 Å². The van der Waals surface area contributed by atoms with E-state index >= 15 is 0 Å². The van der Waals surface area contributed by atoms with E-state index in [1.807, 2.05) is 4.90 Å². The standard InChI is InChI=1S/C18H27N5O2/c1-22(2)17(25)14-10-13-15(20-11-19-13)18(21-14)6-8-23(9-7-18)16(24)12-4-3-5-12/h11-12,14,21H,3-10H2,1-2H3,(H,19,20)/t14-/m0/s1. The van der Waals surface area contributed by atoms with Crippen LogP contribution in [0, 0.1) is 5.92 Å². The number of H-pyrrole nitrogens is 1. The van der Waals surface area contributed by atoms with Crippen LogP contribution in [0.25, 0.3) is 0 Å². The third kappa shape index (κ3) is 2.74. The van der Waals surface area contributed by atoms with Crippen LogP contribution in [-0.4, -0.2) is 64.8 Å². The Morgan fingerprint density at radius 3 is 2.60 bits per heavy atom. The summed E-state index contributed by atoms with van der Waals surface area (Å²) in [5, 5.41) is 3.60. The lowest BCUT2D eigenvalue weighted by atomic mass is 9.77. The zero-order chi connectivity index (χ0) is 17.6. The minimum Gasteiger partial charge on any atom is -0.348 e. The number of fused-ring (bicyclic) bond motifs is 2. The zero-order valence-corrected chi connectivity index (χ0v) is 15.0. The maximum absolute atomic E-state index is 12.5. The van der Waals surface area contributed by atoms with Gasteiger partial charge < -0.3 is 14.8 Å². The maximum Gasteiger partial charge on any atom is 0.239 e. The summed E-state index contributed by atoms with van der Waals surface area (Å²) in [4.78, 5) is 36.5. The molecular weight excluding hydrogens is 318 g/mol. The van der Waals surface area contributed by atoms with Crippen LogP contribution in [0.5, 0.6) is 0 Å². The predicted octanol–water partition coefficient (Wildman–Crippen LogP) is 0.630. The number of carbonyl (C=O) groups is 2. The first-order valence-electron chi connectivity index (χ1n) is 9.30. The van der Waals surface area contributed by atoms with Gasteiger partial charge in [0, 0.05) is 45.2 Å². The lowest BCUT2D eigenvalue weighted by Gasteiger charge is -2.47. The molecule has 1 atom stereocenters. The number of piperidine rings is 1. The molecule has 4 rings (SSSR count). The molecule has 1 aromatic rings. The van der Waals surface area contributed by atoms with Crippen molar-refractivity contribution in [1.82, 2.24) is 25.1 Å². The highest BCUT2D eigenvalue weighted by Crippen LogP contribution is 2.39. The number of amides is 2. The minimum absolute atomic E-state index is 0.0904. The molecule has 25 heavy (non-hydrogen) atoms. The summed E-state index contributed by atoms with van der Waals surface area (Å²) < 4.78 is 0. The van der Waals surface area contributed by atoms with E-state index in [1.165, 1.54) is 6.42 Å². The quantitative estimate of drug-likeness (QED) is 0.824. The first kappa shape index (κ1) is 16.6. The van der Waals surface area contributed by atoms with Gasteiger partial charge in [-0.1, -0.05) is 6.42 Å². The topological polar surface area (TPSA) is 81.3 Å². The highest BCUT2D eigenvalue weighted by atomic mass is 16.2. The van der Waals surface area contributed by atoms with E-state index in [0.717, 1.165) is 50.2 Å². The highest BCUT2D eigenvalue weighted by molar-refractivity contribution is 5.82. The molecule has 3 heterocycles. The number of likely N-dealkylation sites (N-methyl/N-ethyl adjacent to an activating group) is 1. The molecule has 0 radical (unpaired) electrons. The van der Waals surface area contributed by atoms with Gasteiger partial charge in [-0.05, 0) is 25.7 Å². The van der Waals surface area contributed by atoms with Gasteiger partial charge in [-0.15, -0.1) is 0 Å². The molecule has 2 fully saturated rings. The van der Waals surface area contributed by atoms with Crippen molar-refractivity contribution in [2.45, 2.75) is 50.1 Å². The van der Waals surface area contributed by atoms with Crippen LogP contribution in [0.3, 0.4) is 0 Å². The number of nitrogens with zero attached hydrogens (tertiary/aromatic N) is 3. The van der Waals surface area contributed by atoms with E-state index in [2.05, 4.69) is 15.3 Å². The molecule has 2 aliphatic heterocycles. The SMILES string of the molecule is CN(C)C(=O)[C@@H]1Cc2[nH]cnc2C2(CCN(C(=O)C3CCC3)CC2)N1. The molecular formula is C18H27N5O2. The van der Waals surface area contributed by atoms with Gasteiger partial charge >= 0.3 is 0 Å². The van der Waals surface area contributed by atoms with Crippen LogP contribution in [0.2, 0.25) is 0 Å². The van der Waals surface area contributed by atoms with Gasteiger partial charge in [0.1, 0.15) is 0 Å². The molecule has 0 unspecified atom stereocenters. The number of aromatic amines is 1. The van der Waals surface area contributed by atoms with Crippen molar-refractivity contribution in [3.05, 3.63) is 17.7 Å². The van der Waals surface area contributed by atoms with Gasteiger partial charge in [-0.25, -0.2) is 4.98 Å². The molecule has 3 aliphatic rings. The normalized spacial score (nSPS) is 25.4. The number of likely N-dealkylation sites (tertiary alicyclic amines) is 1. The van der Waals surface area contributed by atoms with Crippen molar-refractivity contribution in [2.75, 3.05) is 27.2 Å². The summed E-state index contributed by atoms with van der Waals surface area (Å²) in [6.45, 7) is 1.47. The number of aromatic nitrogens is 2. The zero-order valence-electron chi connectivity index (χ0n) is 15.0. The van der Waals surface area contributed by atoms with Gasteiger partial charge in [0.2, 0.25) is 11.8 Å². The Hall–Kier alpha value is -1.89. The van der Waals surface area contributed by atoms with E-state index in [-0.39, 0.29) is 23.4 Å². The van der Waals surface area contributed by atoms with Gasteiger partial charge in [0.15, 0.2) is 0 Å². The minimum atomic E-state index is -0.305. The molecule has 0 bridgehead atoms. The third-order valence-electron chi connectivity index (χ3n) is 6.15. The number of imidazole rings is 1. The Labute approximate surface area is 148 Å². The molecule has 1 aliphatic carbocycles. The second kappa shape index (κ2) is 6.12. The molecule has 2 amide bonds. The van der Waals surface area contributed by atoms with Crippen LogP contribution < -0.4 is 5.32 Å². The van der Waals surface area contributed by atoms with Crippen LogP contribution in [-0.2, 0) is 21.5 Å². The highest BCUT2D eigenvalue weighted by Gasteiger charge is 2.47. The smallest absolute Gasteiger partial charge is 0.239 e. The maximum atomic E-state index is 12.5. The first-order chi connectivity index (χ1) is 12.0. The number of nitrogens with one attached hydrogen (secondary N) is 2. The summed E-state index contributed by atoms with van der Waals surface area (Å²) in [5.74, 6) is 0.657. The van der Waals surface area contributed by atoms with E-state index in [0.29, 0.717) is 12.3 Å². The molecule has 7 nitrogen and oxygen atoms in total. The Bertz CT molecular complexity index is 671. The fraction of sp³-hybridized carbons (Fsp3) is 0.722. The predicted molar refractivity (Wildman–Crippen MR) is 92.7 cm³/mol. The number of carbonyl (C=O) groups excluding carboxylic acids is 2. The molecule has 1 spiro atoms. The second-order valence-corrected chi connectivity index (χ2v) is 7.90. The molecule has 136 valence electrons. The lowest BCUT2D eigenvalue weighted by molar-refractivity contribution is -0.141. The van der Waals surface area contributed by atoms with E-state index in [9.17, 15) is 9.59 Å². The largest absolute Gasteiger partial charge is 0.348 e. The van der Waals surface area contributed by atoms with Gasteiger partial charge in [0.25, 0.3) is 0 Å². The summed E-state index contributed by atoms with van der Waals surface area (Å²) in [6, 6.07) is -0.239. The monoisotopic (exact) mass is 345 g/mol. The van der Waals surface area contributed by atoms with Gasteiger partial charge in [-0.2, -0.15) is 0 Å². The molecule has 1 saturated carbocycles.